The van der Waals surface area contributed by atoms with Crippen molar-refractivity contribution in [2.24, 2.45) is 10.9 Å². The molecular formula is C9H13NO. The third-order valence-corrected chi connectivity index (χ3v) is 2.31. The summed E-state index contributed by atoms with van der Waals surface area (Å²) in [6.45, 7) is 3.08. The number of hydrogen-bond acceptors (Lipinski definition) is 2. The van der Waals surface area contributed by atoms with Gasteiger partial charge in [-0.1, -0.05) is 6.92 Å². The van der Waals surface area contributed by atoms with E-state index in [4.69, 9.17) is 4.74 Å². The number of nitrogens with zero attached hydrogens (tertiary/aromatic N) is 1. The van der Waals surface area contributed by atoms with Crippen LogP contribution in [0, 0.1) is 5.92 Å². The second kappa shape index (κ2) is 2.78. The van der Waals surface area contributed by atoms with Crippen LogP contribution in [0.15, 0.2) is 16.8 Å². The van der Waals surface area contributed by atoms with Crippen LogP contribution in [0.5, 0.6) is 0 Å². The van der Waals surface area contributed by atoms with Gasteiger partial charge >= 0.3 is 0 Å². The van der Waals surface area contributed by atoms with Gasteiger partial charge in [-0.25, -0.2) is 0 Å². The molecule has 11 heavy (non-hydrogen) atoms. The van der Waals surface area contributed by atoms with Gasteiger partial charge < -0.3 is 4.74 Å². The van der Waals surface area contributed by atoms with Gasteiger partial charge in [0.15, 0.2) is 0 Å². The molecule has 0 spiro atoms. The maximum atomic E-state index is 5.63. The van der Waals surface area contributed by atoms with Crippen LogP contribution in [0.25, 0.3) is 0 Å². The van der Waals surface area contributed by atoms with Crippen molar-refractivity contribution in [3.8, 4) is 0 Å². The molecule has 2 aliphatic heterocycles. The molecule has 0 saturated carbocycles. The summed E-state index contributed by atoms with van der Waals surface area (Å²) in [4.78, 5) is 4.18. The van der Waals surface area contributed by atoms with Crippen LogP contribution in [0.4, 0.5) is 0 Å². The van der Waals surface area contributed by atoms with Gasteiger partial charge in [-0.15, -0.1) is 0 Å². The lowest BCUT2D eigenvalue weighted by atomic mass is 9.92. The SMILES string of the molecule is CC1C=NC=C2CCCOC21. The lowest BCUT2D eigenvalue weighted by molar-refractivity contribution is 0.0356. The van der Waals surface area contributed by atoms with Crippen LogP contribution >= 0.6 is 0 Å². The zero-order valence-corrected chi connectivity index (χ0v) is 6.79. The minimum absolute atomic E-state index is 0.334. The van der Waals surface area contributed by atoms with Crippen LogP contribution in [0.3, 0.4) is 0 Å². The van der Waals surface area contributed by atoms with Crippen LogP contribution < -0.4 is 0 Å². The van der Waals surface area contributed by atoms with Gasteiger partial charge in [-0.05, 0) is 18.4 Å². The normalized spacial score (nSPS) is 36.3. The van der Waals surface area contributed by atoms with E-state index < -0.39 is 0 Å². The highest BCUT2D eigenvalue weighted by molar-refractivity contribution is 5.64. The van der Waals surface area contributed by atoms with Crippen molar-refractivity contribution in [2.45, 2.75) is 25.9 Å². The monoisotopic (exact) mass is 151 g/mol. The van der Waals surface area contributed by atoms with Crippen LogP contribution in [0.2, 0.25) is 0 Å². The van der Waals surface area contributed by atoms with E-state index in [1.165, 1.54) is 12.0 Å². The summed E-state index contributed by atoms with van der Waals surface area (Å²) in [5.74, 6) is 0.468. The summed E-state index contributed by atoms with van der Waals surface area (Å²) in [5, 5.41) is 0. The molecule has 2 atom stereocenters. The highest BCUT2D eigenvalue weighted by atomic mass is 16.5. The van der Waals surface area contributed by atoms with E-state index >= 15 is 0 Å². The minimum atomic E-state index is 0.334. The van der Waals surface area contributed by atoms with Crippen molar-refractivity contribution in [3.63, 3.8) is 0 Å². The second-order valence-electron chi connectivity index (χ2n) is 3.26. The standard InChI is InChI=1S/C9H13NO/c1-7-5-10-6-8-3-2-4-11-9(7)8/h5-7,9H,2-4H2,1H3. The molecule has 2 unspecified atom stereocenters. The second-order valence-corrected chi connectivity index (χ2v) is 3.26. The fourth-order valence-electron chi connectivity index (χ4n) is 1.72. The average molecular weight is 151 g/mol. The van der Waals surface area contributed by atoms with Crippen molar-refractivity contribution in [2.75, 3.05) is 6.61 Å². The largest absolute Gasteiger partial charge is 0.373 e. The van der Waals surface area contributed by atoms with Gasteiger partial charge in [0.2, 0.25) is 0 Å². The first-order valence-electron chi connectivity index (χ1n) is 4.22. The Bertz CT molecular complexity index is 208. The van der Waals surface area contributed by atoms with Crippen LogP contribution in [-0.2, 0) is 4.74 Å². The molecule has 2 heterocycles. The quantitative estimate of drug-likeness (QED) is 0.517. The predicted octanol–water partition coefficient (Wildman–Crippen LogP) is 1.77. The predicted molar refractivity (Wildman–Crippen MR) is 44.7 cm³/mol. The van der Waals surface area contributed by atoms with Gasteiger partial charge in [0.05, 0.1) is 6.10 Å². The van der Waals surface area contributed by atoms with Gasteiger partial charge in [0, 0.05) is 24.9 Å². The molecule has 0 aromatic rings. The van der Waals surface area contributed by atoms with E-state index in [-0.39, 0.29) is 0 Å². The molecule has 2 rings (SSSR count). The summed E-state index contributed by atoms with van der Waals surface area (Å²) in [6, 6.07) is 0. The first-order valence-corrected chi connectivity index (χ1v) is 4.22. The fraction of sp³-hybridized carbons (Fsp3) is 0.667. The first-order chi connectivity index (χ1) is 5.38. The van der Waals surface area contributed by atoms with Crippen LogP contribution in [0.1, 0.15) is 19.8 Å². The lowest BCUT2D eigenvalue weighted by Gasteiger charge is -2.30. The molecule has 0 bridgehead atoms. The lowest BCUT2D eigenvalue weighted by Crippen LogP contribution is -2.31. The van der Waals surface area contributed by atoms with Gasteiger partial charge in [-0.2, -0.15) is 0 Å². The summed E-state index contributed by atoms with van der Waals surface area (Å²) in [5.41, 5.74) is 1.38. The fourth-order valence-corrected chi connectivity index (χ4v) is 1.72. The zero-order chi connectivity index (χ0) is 7.68. The molecule has 0 aliphatic carbocycles. The topological polar surface area (TPSA) is 21.6 Å². The van der Waals surface area contributed by atoms with Gasteiger partial charge in [0.1, 0.15) is 0 Å². The van der Waals surface area contributed by atoms with E-state index in [2.05, 4.69) is 11.9 Å². The van der Waals surface area contributed by atoms with E-state index in [0.29, 0.717) is 12.0 Å². The summed E-state index contributed by atoms with van der Waals surface area (Å²) < 4.78 is 5.63. The van der Waals surface area contributed by atoms with Crippen LogP contribution in [-0.4, -0.2) is 18.9 Å². The summed E-state index contributed by atoms with van der Waals surface area (Å²) in [6.07, 6.45) is 6.60. The molecule has 0 N–H and O–H groups in total. The highest BCUT2D eigenvalue weighted by Gasteiger charge is 2.25. The van der Waals surface area contributed by atoms with Crippen molar-refractivity contribution in [1.29, 1.82) is 0 Å². The Morgan fingerprint density at radius 1 is 1.64 bits per heavy atom. The van der Waals surface area contributed by atoms with Crippen molar-refractivity contribution in [3.05, 3.63) is 11.8 Å². The molecule has 1 saturated heterocycles. The van der Waals surface area contributed by atoms with E-state index in [1.807, 2.05) is 12.4 Å². The molecule has 0 aromatic heterocycles. The first kappa shape index (κ1) is 7.04. The molecule has 0 amide bonds. The van der Waals surface area contributed by atoms with Gasteiger partial charge in [0.25, 0.3) is 0 Å². The Balaban J connectivity index is 2.18. The molecule has 0 aromatic carbocycles. The Kier molecular flexibility index (Phi) is 1.78. The molecule has 2 aliphatic rings. The van der Waals surface area contributed by atoms with Crippen molar-refractivity contribution >= 4 is 6.21 Å². The van der Waals surface area contributed by atoms with Crippen molar-refractivity contribution in [1.82, 2.24) is 0 Å². The Morgan fingerprint density at radius 2 is 2.55 bits per heavy atom. The third kappa shape index (κ3) is 1.23. The minimum Gasteiger partial charge on any atom is -0.373 e. The number of fused-ring (bicyclic) bond motifs is 1. The Labute approximate surface area is 67.0 Å². The molecule has 2 nitrogen and oxygen atoms in total. The van der Waals surface area contributed by atoms with Crippen molar-refractivity contribution < 1.29 is 4.74 Å². The number of aliphatic imine (C=N–C) groups is 1. The smallest absolute Gasteiger partial charge is 0.0877 e. The van der Waals surface area contributed by atoms with E-state index in [1.54, 1.807) is 0 Å². The van der Waals surface area contributed by atoms with E-state index in [9.17, 15) is 0 Å². The number of hydrogen-bond donors (Lipinski definition) is 0. The summed E-state index contributed by atoms with van der Waals surface area (Å²) >= 11 is 0. The number of ether oxygens (including phenoxy) is 1. The molecule has 60 valence electrons. The maximum absolute atomic E-state index is 5.63. The van der Waals surface area contributed by atoms with E-state index in [0.717, 1.165) is 13.0 Å². The summed E-state index contributed by atoms with van der Waals surface area (Å²) in [7, 11) is 0. The third-order valence-electron chi connectivity index (χ3n) is 2.31. The Morgan fingerprint density at radius 3 is 3.36 bits per heavy atom. The number of rotatable bonds is 0. The maximum Gasteiger partial charge on any atom is 0.0877 e. The van der Waals surface area contributed by atoms with Gasteiger partial charge in [-0.3, -0.25) is 4.99 Å². The highest BCUT2D eigenvalue weighted by Crippen LogP contribution is 2.27. The Hall–Kier alpha value is -0.630. The zero-order valence-electron chi connectivity index (χ0n) is 6.79. The average Bonchev–Trinajstić information content (AvgIpc) is 2.06. The molecular weight excluding hydrogens is 138 g/mol. The molecule has 0 radical (unpaired) electrons. The molecule has 2 heteroatoms. The molecule has 1 fully saturated rings.